The van der Waals surface area contributed by atoms with Crippen molar-refractivity contribution in [2.45, 2.75) is 19.3 Å². The smallest absolute Gasteiger partial charge is 0.262 e. The molecule has 0 saturated carbocycles. The molecule has 8 heteroatoms. The van der Waals surface area contributed by atoms with E-state index >= 15 is 0 Å². The van der Waals surface area contributed by atoms with Gasteiger partial charge in [0.15, 0.2) is 22.9 Å². The van der Waals surface area contributed by atoms with Gasteiger partial charge in [-0.15, -0.1) is 0 Å². The van der Waals surface area contributed by atoms with Crippen LogP contribution in [0.15, 0.2) is 23.0 Å². The molecule has 0 radical (unpaired) electrons. The van der Waals surface area contributed by atoms with Crippen molar-refractivity contribution in [1.29, 1.82) is 0 Å². The van der Waals surface area contributed by atoms with E-state index in [9.17, 15) is 9.59 Å². The van der Waals surface area contributed by atoms with Crippen molar-refractivity contribution in [2.75, 3.05) is 20.0 Å². The SMILES string of the molecule is COc1ccc(-c2c3c(nc4nc(N)[nH]c(=O)c24)CCCC3=O)cc1OC. The average Bonchev–Trinajstić information content (AvgIpc) is 2.65. The van der Waals surface area contributed by atoms with Crippen LogP contribution in [0.5, 0.6) is 11.5 Å². The van der Waals surface area contributed by atoms with Gasteiger partial charge >= 0.3 is 0 Å². The number of benzene rings is 1. The van der Waals surface area contributed by atoms with Crippen LogP contribution in [0.3, 0.4) is 0 Å². The number of pyridine rings is 1. The number of hydrogen-bond donors (Lipinski definition) is 2. The number of rotatable bonds is 3. The molecule has 3 N–H and O–H groups in total. The number of anilines is 1. The Labute approximate surface area is 154 Å². The number of carbonyl (C=O) groups is 1. The lowest BCUT2D eigenvalue weighted by molar-refractivity contribution is 0.0972. The Bertz CT molecular complexity index is 1140. The Morgan fingerprint density at radius 3 is 2.56 bits per heavy atom. The quantitative estimate of drug-likeness (QED) is 0.728. The summed E-state index contributed by atoms with van der Waals surface area (Å²) < 4.78 is 10.7. The molecule has 1 aromatic carbocycles. The third-order valence-corrected chi connectivity index (χ3v) is 4.72. The molecule has 1 aliphatic rings. The molecule has 2 aromatic heterocycles. The molecule has 4 rings (SSSR count). The summed E-state index contributed by atoms with van der Waals surface area (Å²) in [5.74, 6) is 1.000. The molecule has 0 amide bonds. The van der Waals surface area contributed by atoms with Crippen molar-refractivity contribution < 1.29 is 14.3 Å². The summed E-state index contributed by atoms with van der Waals surface area (Å²) in [5.41, 5.74) is 7.76. The largest absolute Gasteiger partial charge is 0.493 e. The highest BCUT2D eigenvalue weighted by Gasteiger charge is 2.27. The number of nitrogen functional groups attached to an aromatic ring is 1. The van der Waals surface area contributed by atoms with Gasteiger partial charge < -0.3 is 15.2 Å². The molecular formula is C19H18N4O4. The minimum Gasteiger partial charge on any atom is -0.493 e. The van der Waals surface area contributed by atoms with Crippen molar-refractivity contribution in [1.82, 2.24) is 15.0 Å². The van der Waals surface area contributed by atoms with E-state index in [1.54, 1.807) is 25.3 Å². The number of aromatic amines is 1. The van der Waals surface area contributed by atoms with Crippen molar-refractivity contribution in [2.24, 2.45) is 0 Å². The van der Waals surface area contributed by atoms with Gasteiger partial charge in [-0.05, 0) is 30.5 Å². The van der Waals surface area contributed by atoms with Gasteiger partial charge in [0.05, 0.1) is 25.3 Å². The highest BCUT2D eigenvalue weighted by molar-refractivity contribution is 6.10. The van der Waals surface area contributed by atoms with Crippen LogP contribution in [0.1, 0.15) is 28.9 Å². The summed E-state index contributed by atoms with van der Waals surface area (Å²) in [7, 11) is 3.07. The number of aromatic nitrogens is 3. The fourth-order valence-electron chi connectivity index (χ4n) is 3.54. The highest BCUT2D eigenvalue weighted by Crippen LogP contribution is 2.38. The van der Waals surface area contributed by atoms with Crippen molar-refractivity contribution in [3.05, 3.63) is 39.8 Å². The molecule has 138 valence electrons. The van der Waals surface area contributed by atoms with Crippen LogP contribution in [0.25, 0.3) is 22.2 Å². The van der Waals surface area contributed by atoms with E-state index in [1.165, 1.54) is 7.11 Å². The summed E-state index contributed by atoms with van der Waals surface area (Å²) >= 11 is 0. The molecular weight excluding hydrogens is 348 g/mol. The second-order valence-corrected chi connectivity index (χ2v) is 6.30. The number of ether oxygens (including phenoxy) is 2. The second kappa shape index (κ2) is 6.39. The average molecular weight is 366 g/mol. The van der Waals surface area contributed by atoms with Crippen LogP contribution in [-0.2, 0) is 6.42 Å². The number of hydrogen-bond acceptors (Lipinski definition) is 7. The lowest BCUT2D eigenvalue weighted by Crippen LogP contribution is -2.20. The predicted octanol–water partition coefficient (Wildman–Crippen LogP) is 2.10. The Hall–Kier alpha value is -3.42. The topological polar surface area (TPSA) is 120 Å². The van der Waals surface area contributed by atoms with Crippen LogP contribution in [0.2, 0.25) is 0 Å². The van der Waals surface area contributed by atoms with Crippen molar-refractivity contribution in [3.63, 3.8) is 0 Å². The standard InChI is InChI=1S/C19H18N4O4/c1-26-12-7-6-9(8-13(12)27-2)14-15-10(4-3-5-11(15)24)21-17-16(14)18(25)23-19(20)22-17/h6-8H,3-5H2,1-2H3,(H3,20,21,22,23,25). The van der Waals surface area contributed by atoms with Crippen LogP contribution >= 0.6 is 0 Å². The number of nitrogens with two attached hydrogens (primary N) is 1. The van der Waals surface area contributed by atoms with E-state index in [-0.39, 0.29) is 22.8 Å². The maximum absolute atomic E-state index is 12.7. The number of nitrogens with one attached hydrogen (secondary N) is 1. The first kappa shape index (κ1) is 17.0. The zero-order valence-corrected chi connectivity index (χ0v) is 15.0. The van der Waals surface area contributed by atoms with Gasteiger partial charge in [-0.25, -0.2) is 4.98 Å². The first-order valence-corrected chi connectivity index (χ1v) is 8.51. The lowest BCUT2D eigenvalue weighted by atomic mass is 9.86. The Kier molecular flexibility index (Phi) is 4.02. The molecule has 0 spiro atoms. The number of nitrogens with zero attached hydrogens (tertiary/aromatic N) is 2. The lowest BCUT2D eigenvalue weighted by Gasteiger charge is -2.20. The zero-order valence-electron chi connectivity index (χ0n) is 15.0. The first-order chi connectivity index (χ1) is 13.0. The fourth-order valence-corrected chi connectivity index (χ4v) is 3.54. The Morgan fingerprint density at radius 1 is 1.04 bits per heavy atom. The summed E-state index contributed by atoms with van der Waals surface area (Å²) in [4.78, 5) is 36.5. The minimum atomic E-state index is -0.434. The Balaban J connectivity index is 2.14. The molecule has 0 aliphatic heterocycles. The Morgan fingerprint density at radius 2 is 1.81 bits per heavy atom. The number of methoxy groups -OCH3 is 2. The summed E-state index contributed by atoms with van der Waals surface area (Å²) in [6.45, 7) is 0. The highest BCUT2D eigenvalue weighted by atomic mass is 16.5. The summed E-state index contributed by atoms with van der Waals surface area (Å²) in [5, 5.41) is 0.241. The van der Waals surface area contributed by atoms with Gasteiger partial charge in [-0.3, -0.25) is 14.6 Å². The van der Waals surface area contributed by atoms with Gasteiger partial charge in [0.25, 0.3) is 5.56 Å². The van der Waals surface area contributed by atoms with Crippen LogP contribution in [-0.4, -0.2) is 35.0 Å². The molecule has 0 fully saturated rings. The van der Waals surface area contributed by atoms with E-state index in [0.29, 0.717) is 53.1 Å². The van der Waals surface area contributed by atoms with Gasteiger partial charge in [0, 0.05) is 17.5 Å². The zero-order chi connectivity index (χ0) is 19.1. The van der Waals surface area contributed by atoms with Gasteiger partial charge in [0.1, 0.15) is 0 Å². The number of Topliss-reactive ketones (excluding diaryl/α,β-unsaturated/α-hetero) is 1. The third kappa shape index (κ3) is 2.69. The van der Waals surface area contributed by atoms with Crippen molar-refractivity contribution >= 4 is 22.8 Å². The molecule has 0 saturated heterocycles. The normalized spacial score (nSPS) is 13.5. The maximum Gasteiger partial charge on any atom is 0.262 e. The van der Waals surface area contributed by atoms with E-state index in [2.05, 4.69) is 15.0 Å². The number of carbonyl (C=O) groups excluding carboxylic acids is 1. The third-order valence-electron chi connectivity index (χ3n) is 4.72. The molecule has 0 atom stereocenters. The molecule has 2 heterocycles. The van der Waals surface area contributed by atoms with Gasteiger partial charge in [-0.2, -0.15) is 4.98 Å². The number of fused-ring (bicyclic) bond motifs is 2. The minimum absolute atomic E-state index is 0.0136. The number of H-pyrrole nitrogens is 1. The molecule has 1 aliphatic carbocycles. The molecule has 0 bridgehead atoms. The summed E-state index contributed by atoms with van der Waals surface area (Å²) in [6.07, 6.45) is 1.78. The molecule has 8 nitrogen and oxygen atoms in total. The van der Waals surface area contributed by atoms with E-state index in [1.807, 2.05) is 0 Å². The predicted molar refractivity (Wildman–Crippen MR) is 100 cm³/mol. The molecule has 3 aromatic rings. The van der Waals surface area contributed by atoms with Gasteiger partial charge in [-0.1, -0.05) is 6.07 Å². The van der Waals surface area contributed by atoms with E-state index in [0.717, 1.165) is 0 Å². The van der Waals surface area contributed by atoms with E-state index in [4.69, 9.17) is 15.2 Å². The van der Waals surface area contributed by atoms with Gasteiger partial charge in [0.2, 0.25) is 5.95 Å². The number of ketones is 1. The van der Waals surface area contributed by atoms with Crippen LogP contribution < -0.4 is 20.8 Å². The van der Waals surface area contributed by atoms with Crippen LogP contribution in [0, 0.1) is 0 Å². The van der Waals surface area contributed by atoms with E-state index < -0.39 is 5.56 Å². The first-order valence-electron chi connectivity index (χ1n) is 8.51. The maximum atomic E-state index is 12.7. The number of aryl methyl sites for hydroxylation is 1. The second-order valence-electron chi connectivity index (χ2n) is 6.30. The fraction of sp³-hybridized carbons (Fsp3) is 0.263. The monoisotopic (exact) mass is 366 g/mol. The molecule has 27 heavy (non-hydrogen) atoms. The summed E-state index contributed by atoms with van der Waals surface area (Å²) in [6, 6.07) is 5.26. The van der Waals surface area contributed by atoms with Crippen LogP contribution in [0.4, 0.5) is 5.95 Å². The molecule has 0 unspecified atom stereocenters. The van der Waals surface area contributed by atoms with Crippen molar-refractivity contribution in [3.8, 4) is 22.6 Å².